The molecule has 1 fully saturated rings. The summed E-state index contributed by atoms with van der Waals surface area (Å²) in [5, 5.41) is 8.96. The van der Waals surface area contributed by atoms with E-state index in [2.05, 4.69) is 15.9 Å². The van der Waals surface area contributed by atoms with Crippen molar-refractivity contribution in [2.75, 3.05) is 6.54 Å². The number of hydrogen-bond donors (Lipinski definition) is 1. The van der Waals surface area contributed by atoms with Crippen molar-refractivity contribution in [2.24, 2.45) is 5.92 Å². The summed E-state index contributed by atoms with van der Waals surface area (Å²) >= 11 is 3.29. The first-order valence-corrected chi connectivity index (χ1v) is 5.54. The quantitative estimate of drug-likeness (QED) is 0.759. The van der Waals surface area contributed by atoms with E-state index in [-0.39, 0.29) is 16.7 Å². The van der Waals surface area contributed by atoms with Gasteiger partial charge in [-0.2, -0.15) is 0 Å². The molecule has 0 aromatic heterocycles. The first-order chi connectivity index (χ1) is 6.45. The number of halogens is 1. The summed E-state index contributed by atoms with van der Waals surface area (Å²) in [6.07, 6.45) is 0.704. The lowest BCUT2D eigenvalue weighted by Gasteiger charge is -2.24. The molecule has 0 aromatic carbocycles. The summed E-state index contributed by atoms with van der Waals surface area (Å²) in [5.41, 5.74) is 0. The Morgan fingerprint density at radius 2 is 2.07 bits per heavy atom. The third-order valence-corrected chi connectivity index (χ3v) is 3.31. The van der Waals surface area contributed by atoms with Crippen LogP contribution >= 0.6 is 15.9 Å². The number of carbonyl (C=O) groups excluding carboxylic acids is 1. The molecule has 1 N–H and O–H groups in total. The van der Waals surface area contributed by atoms with Gasteiger partial charge in [-0.05, 0) is 6.42 Å². The highest BCUT2D eigenvalue weighted by Crippen LogP contribution is 2.26. The number of carboxylic acids is 1. The van der Waals surface area contributed by atoms with Crippen molar-refractivity contribution in [3.05, 3.63) is 0 Å². The molecule has 0 aromatic rings. The number of nitrogens with zero attached hydrogens (tertiary/aromatic N) is 1. The number of carboxylic acid groups (broad SMARTS) is 1. The Bertz CT molecular complexity index is 254. The van der Waals surface area contributed by atoms with Gasteiger partial charge in [0.2, 0.25) is 5.91 Å². The Morgan fingerprint density at radius 3 is 2.50 bits per heavy atom. The van der Waals surface area contributed by atoms with E-state index in [4.69, 9.17) is 5.11 Å². The molecule has 0 aliphatic carbocycles. The summed E-state index contributed by atoms with van der Waals surface area (Å²) in [6, 6.07) is -0.704. The number of hydrogen-bond acceptors (Lipinski definition) is 2. The average molecular weight is 264 g/mol. The van der Waals surface area contributed by atoms with Crippen LogP contribution in [-0.4, -0.2) is 39.3 Å². The van der Waals surface area contributed by atoms with E-state index < -0.39 is 12.0 Å². The fraction of sp³-hybridized carbons (Fsp3) is 0.778. The normalized spacial score (nSPS) is 27.0. The molecule has 1 unspecified atom stereocenters. The molecule has 4 nitrogen and oxygen atoms in total. The molecule has 1 amide bonds. The molecule has 1 aliphatic rings. The predicted octanol–water partition coefficient (Wildman–Crippen LogP) is 1.09. The lowest BCUT2D eigenvalue weighted by Crippen LogP contribution is -2.45. The second-order valence-corrected chi connectivity index (χ2v) is 4.95. The van der Waals surface area contributed by atoms with E-state index in [1.54, 1.807) is 13.8 Å². The van der Waals surface area contributed by atoms with Gasteiger partial charge in [-0.3, -0.25) is 4.79 Å². The minimum absolute atomic E-state index is 0.0839. The van der Waals surface area contributed by atoms with Crippen LogP contribution in [0.2, 0.25) is 0 Å². The number of carbonyl (C=O) groups is 2. The predicted molar refractivity (Wildman–Crippen MR) is 55.3 cm³/mol. The highest BCUT2D eigenvalue weighted by atomic mass is 79.9. The van der Waals surface area contributed by atoms with Gasteiger partial charge in [0.05, 0.1) is 0 Å². The SMILES string of the molecule is CC(C)C(=O)N1CCC(Br)[C@H]1C(=O)O. The van der Waals surface area contributed by atoms with Crippen LogP contribution in [0.3, 0.4) is 0 Å². The minimum atomic E-state index is -0.932. The van der Waals surface area contributed by atoms with Gasteiger partial charge in [-0.15, -0.1) is 0 Å². The van der Waals surface area contributed by atoms with Gasteiger partial charge in [0.15, 0.2) is 0 Å². The fourth-order valence-electron chi connectivity index (χ4n) is 1.62. The van der Waals surface area contributed by atoms with Gasteiger partial charge in [-0.1, -0.05) is 29.8 Å². The second kappa shape index (κ2) is 4.29. The van der Waals surface area contributed by atoms with Crippen molar-refractivity contribution >= 4 is 27.8 Å². The highest BCUT2D eigenvalue weighted by molar-refractivity contribution is 9.09. The summed E-state index contributed by atoms with van der Waals surface area (Å²) in [4.78, 5) is 23.9. The molecule has 0 radical (unpaired) electrons. The van der Waals surface area contributed by atoms with Gasteiger partial charge >= 0.3 is 5.97 Å². The lowest BCUT2D eigenvalue weighted by atomic mass is 10.1. The van der Waals surface area contributed by atoms with Crippen molar-refractivity contribution in [1.29, 1.82) is 0 Å². The van der Waals surface area contributed by atoms with Gasteiger partial charge in [0.1, 0.15) is 6.04 Å². The molecule has 14 heavy (non-hydrogen) atoms. The smallest absolute Gasteiger partial charge is 0.327 e. The van der Waals surface area contributed by atoms with Gasteiger partial charge in [0, 0.05) is 17.3 Å². The zero-order chi connectivity index (χ0) is 10.9. The maximum absolute atomic E-state index is 11.6. The van der Waals surface area contributed by atoms with E-state index >= 15 is 0 Å². The third kappa shape index (κ3) is 2.08. The molecule has 1 heterocycles. The standard InChI is InChI=1S/C9H14BrNO3/c1-5(2)8(12)11-4-3-6(10)7(11)9(13)14/h5-7H,3-4H2,1-2H3,(H,13,14)/t6?,7-/m0/s1. The molecule has 1 saturated heterocycles. The zero-order valence-electron chi connectivity index (χ0n) is 8.24. The monoisotopic (exact) mass is 263 g/mol. The number of aliphatic carboxylic acids is 1. The van der Waals surface area contributed by atoms with E-state index in [1.165, 1.54) is 4.90 Å². The Balaban J connectivity index is 2.79. The van der Waals surface area contributed by atoms with Gasteiger partial charge < -0.3 is 10.0 Å². The topological polar surface area (TPSA) is 57.6 Å². The largest absolute Gasteiger partial charge is 0.480 e. The average Bonchev–Trinajstić information content (AvgIpc) is 2.45. The molecular weight excluding hydrogens is 250 g/mol. The molecular formula is C9H14BrNO3. The van der Waals surface area contributed by atoms with E-state index in [9.17, 15) is 9.59 Å². The minimum Gasteiger partial charge on any atom is -0.480 e. The summed E-state index contributed by atoms with van der Waals surface area (Å²) in [5.74, 6) is -1.16. The van der Waals surface area contributed by atoms with Crippen LogP contribution < -0.4 is 0 Å². The summed E-state index contributed by atoms with van der Waals surface area (Å²) in [7, 11) is 0. The van der Waals surface area contributed by atoms with Crippen LogP contribution in [0, 0.1) is 5.92 Å². The molecule has 1 aliphatic heterocycles. The van der Waals surface area contributed by atoms with Crippen LogP contribution in [0.1, 0.15) is 20.3 Å². The Morgan fingerprint density at radius 1 is 1.50 bits per heavy atom. The Labute approximate surface area is 91.4 Å². The molecule has 0 saturated carbocycles. The van der Waals surface area contributed by atoms with Gasteiger partial charge in [-0.25, -0.2) is 4.79 Å². The van der Waals surface area contributed by atoms with Gasteiger partial charge in [0.25, 0.3) is 0 Å². The summed E-state index contributed by atoms with van der Waals surface area (Å²) in [6.45, 7) is 4.09. The van der Waals surface area contributed by atoms with Crippen molar-refractivity contribution in [3.63, 3.8) is 0 Å². The van der Waals surface area contributed by atoms with E-state index in [0.717, 1.165) is 0 Å². The summed E-state index contributed by atoms with van der Waals surface area (Å²) < 4.78 is 0. The highest BCUT2D eigenvalue weighted by Gasteiger charge is 2.40. The van der Waals surface area contributed by atoms with Crippen molar-refractivity contribution in [2.45, 2.75) is 31.1 Å². The first kappa shape index (κ1) is 11.5. The maximum atomic E-state index is 11.6. The molecule has 5 heteroatoms. The van der Waals surface area contributed by atoms with Crippen molar-refractivity contribution in [1.82, 2.24) is 4.90 Å². The molecule has 2 atom stereocenters. The van der Waals surface area contributed by atoms with Crippen LogP contribution in [0.25, 0.3) is 0 Å². The third-order valence-electron chi connectivity index (χ3n) is 2.35. The van der Waals surface area contributed by atoms with Crippen LogP contribution in [0.4, 0.5) is 0 Å². The lowest BCUT2D eigenvalue weighted by molar-refractivity contribution is -0.149. The molecule has 0 spiro atoms. The Hall–Kier alpha value is -0.580. The molecule has 1 rings (SSSR count). The van der Waals surface area contributed by atoms with E-state index in [1.807, 2.05) is 0 Å². The zero-order valence-corrected chi connectivity index (χ0v) is 9.82. The fourth-order valence-corrected chi connectivity index (χ4v) is 2.34. The first-order valence-electron chi connectivity index (χ1n) is 4.62. The van der Waals surface area contributed by atoms with Crippen LogP contribution in [-0.2, 0) is 9.59 Å². The van der Waals surface area contributed by atoms with Crippen LogP contribution in [0.5, 0.6) is 0 Å². The molecule has 80 valence electrons. The molecule has 0 bridgehead atoms. The number of rotatable bonds is 2. The van der Waals surface area contributed by atoms with E-state index in [0.29, 0.717) is 13.0 Å². The number of amides is 1. The maximum Gasteiger partial charge on any atom is 0.327 e. The number of alkyl halides is 1. The second-order valence-electron chi connectivity index (χ2n) is 3.77. The number of likely N-dealkylation sites (tertiary alicyclic amines) is 1. The van der Waals surface area contributed by atoms with Crippen molar-refractivity contribution in [3.8, 4) is 0 Å². The van der Waals surface area contributed by atoms with Crippen LogP contribution in [0.15, 0.2) is 0 Å². The van der Waals surface area contributed by atoms with Crippen molar-refractivity contribution < 1.29 is 14.7 Å². The Kier molecular flexibility index (Phi) is 3.53.